The minimum absolute atomic E-state index is 0.199. The van der Waals surface area contributed by atoms with E-state index in [0.717, 1.165) is 12.0 Å². The molecule has 1 fully saturated rings. The average Bonchev–Trinajstić information content (AvgIpc) is 2.90. The summed E-state index contributed by atoms with van der Waals surface area (Å²) >= 11 is 5.99. The van der Waals surface area contributed by atoms with Crippen molar-refractivity contribution in [1.82, 2.24) is 4.90 Å². The fraction of sp³-hybridized carbons (Fsp3) is 0.529. The summed E-state index contributed by atoms with van der Waals surface area (Å²) in [6.07, 6.45) is 0.983. The van der Waals surface area contributed by atoms with E-state index in [1.54, 1.807) is 12.1 Å². The molecule has 1 saturated heterocycles. The molecule has 1 heterocycles. The van der Waals surface area contributed by atoms with E-state index in [9.17, 15) is 9.59 Å². The molecule has 0 spiro atoms. The summed E-state index contributed by atoms with van der Waals surface area (Å²) in [5.41, 5.74) is 0.987. The molecule has 0 unspecified atom stereocenters. The number of rotatable bonds is 2. The molecular weight excluding hydrogens is 316 g/mol. The van der Waals surface area contributed by atoms with E-state index >= 15 is 0 Å². The lowest BCUT2D eigenvalue weighted by Gasteiger charge is -2.28. The number of aryl methyl sites for hydroxylation is 1. The molecule has 1 aliphatic heterocycles. The van der Waals surface area contributed by atoms with Crippen molar-refractivity contribution in [2.75, 3.05) is 11.9 Å². The molecule has 0 saturated carbocycles. The van der Waals surface area contributed by atoms with Crippen LogP contribution in [0.25, 0.3) is 0 Å². The Bertz CT molecular complexity index is 610. The topological polar surface area (TPSA) is 58.6 Å². The molecule has 1 aromatic rings. The summed E-state index contributed by atoms with van der Waals surface area (Å²) in [5, 5.41) is 3.50. The molecule has 0 radical (unpaired) electrons. The maximum Gasteiger partial charge on any atom is 0.410 e. The van der Waals surface area contributed by atoms with Gasteiger partial charge >= 0.3 is 6.09 Å². The third kappa shape index (κ3) is 4.61. The van der Waals surface area contributed by atoms with Crippen molar-refractivity contribution in [2.45, 2.75) is 52.2 Å². The minimum Gasteiger partial charge on any atom is -0.444 e. The van der Waals surface area contributed by atoms with Gasteiger partial charge < -0.3 is 10.1 Å². The molecule has 0 aliphatic carbocycles. The van der Waals surface area contributed by atoms with Gasteiger partial charge in [0.25, 0.3) is 0 Å². The summed E-state index contributed by atoms with van der Waals surface area (Å²) in [6, 6.07) is 4.81. The van der Waals surface area contributed by atoms with Gasteiger partial charge in [0.1, 0.15) is 11.6 Å². The SMILES string of the molecule is Cc1cc(NC(=O)[C@H]2CCCN2C(=O)OC(C)(C)C)ccc1Cl. The monoisotopic (exact) mass is 338 g/mol. The smallest absolute Gasteiger partial charge is 0.410 e. The Morgan fingerprint density at radius 3 is 2.65 bits per heavy atom. The normalized spacial score (nSPS) is 18.0. The van der Waals surface area contributed by atoms with Crippen LogP contribution in [0.1, 0.15) is 39.2 Å². The Labute approximate surface area is 141 Å². The van der Waals surface area contributed by atoms with Gasteiger partial charge in [0.05, 0.1) is 0 Å². The molecular formula is C17H23ClN2O3. The first-order chi connectivity index (χ1) is 10.7. The Morgan fingerprint density at radius 2 is 2.04 bits per heavy atom. The summed E-state index contributed by atoms with van der Waals surface area (Å²) in [6.45, 7) is 7.85. The number of halogens is 1. The number of nitrogens with one attached hydrogen (secondary N) is 1. The number of ether oxygens (including phenoxy) is 1. The lowest BCUT2D eigenvalue weighted by Crippen LogP contribution is -2.45. The van der Waals surface area contributed by atoms with E-state index in [0.29, 0.717) is 23.7 Å². The van der Waals surface area contributed by atoms with Gasteiger partial charge in [-0.1, -0.05) is 11.6 Å². The fourth-order valence-electron chi connectivity index (χ4n) is 2.53. The maximum absolute atomic E-state index is 12.5. The van der Waals surface area contributed by atoms with Crippen LogP contribution < -0.4 is 5.32 Å². The van der Waals surface area contributed by atoms with Crippen LogP contribution in [0.4, 0.5) is 10.5 Å². The number of likely N-dealkylation sites (tertiary alicyclic amines) is 1. The van der Waals surface area contributed by atoms with E-state index in [2.05, 4.69) is 5.32 Å². The Hall–Kier alpha value is -1.75. The van der Waals surface area contributed by atoms with Crippen LogP contribution in [0.5, 0.6) is 0 Å². The Morgan fingerprint density at radius 1 is 1.35 bits per heavy atom. The van der Waals surface area contributed by atoms with Crippen molar-refractivity contribution in [3.05, 3.63) is 28.8 Å². The van der Waals surface area contributed by atoms with Crippen molar-refractivity contribution >= 4 is 29.3 Å². The van der Waals surface area contributed by atoms with Crippen LogP contribution in [0.3, 0.4) is 0 Å². The molecule has 1 aromatic carbocycles. The number of benzene rings is 1. The van der Waals surface area contributed by atoms with Gasteiger partial charge in [0.15, 0.2) is 0 Å². The highest BCUT2D eigenvalue weighted by Gasteiger charge is 2.36. The molecule has 23 heavy (non-hydrogen) atoms. The van der Waals surface area contributed by atoms with Crippen molar-refractivity contribution in [3.63, 3.8) is 0 Å². The number of carbonyl (C=O) groups is 2. The summed E-state index contributed by atoms with van der Waals surface area (Å²) < 4.78 is 5.38. The molecule has 1 aliphatic rings. The summed E-state index contributed by atoms with van der Waals surface area (Å²) in [7, 11) is 0. The van der Waals surface area contributed by atoms with Crippen LogP contribution >= 0.6 is 11.6 Å². The number of anilines is 1. The quantitative estimate of drug-likeness (QED) is 0.887. The molecule has 0 aromatic heterocycles. The van der Waals surface area contributed by atoms with Gasteiger partial charge in [0.2, 0.25) is 5.91 Å². The highest BCUT2D eigenvalue weighted by molar-refractivity contribution is 6.31. The standard InChI is InChI=1S/C17H23ClN2O3/c1-11-10-12(7-8-13(11)18)19-15(21)14-6-5-9-20(14)16(22)23-17(2,3)4/h7-8,10,14H,5-6,9H2,1-4H3,(H,19,21)/t14-/m1/s1. The lowest BCUT2D eigenvalue weighted by atomic mass is 10.2. The molecule has 2 rings (SSSR count). The third-order valence-corrected chi connectivity index (χ3v) is 4.03. The second-order valence-corrected chi connectivity index (χ2v) is 7.19. The number of nitrogens with zero attached hydrogens (tertiary/aromatic N) is 1. The van der Waals surface area contributed by atoms with Gasteiger partial charge in [0, 0.05) is 17.3 Å². The van der Waals surface area contributed by atoms with Crippen LogP contribution in [0.15, 0.2) is 18.2 Å². The van der Waals surface area contributed by atoms with Crippen LogP contribution in [-0.2, 0) is 9.53 Å². The minimum atomic E-state index is -0.575. The molecule has 126 valence electrons. The Balaban J connectivity index is 2.05. The second-order valence-electron chi connectivity index (χ2n) is 6.78. The maximum atomic E-state index is 12.5. The van der Waals surface area contributed by atoms with Gasteiger partial charge in [-0.25, -0.2) is 4.79 Å². The summed E-state index contributed by atoms with van der Waals surface area (Å²) in [4.78, 5) is 26.2. The predicted molar refractivity (Wildman–Crippen MR) is 90.8 cm³/mol. The number of carbonyl (C=O) groups excluding carboxylic acids is 2. The van der Waals surface area contributed by atoms with Gasteiger partial charge in [-0.05, 0) is 64.3 Å². The highest BCUT2D eigenvalue weighted by Crippen LogP contribution is 2.24. The largest absolute Gasteiger partial charge is 0.444 e. The number of amides is 2. The van der Waals surface area contributed by atoms with Crippen molar-refractivity contribution < 1.29 is 14.3 Å². The van der Waals surface area contributed by atoms with Crippen molar-refractivity contribution in [1.29, 1.82) is 0 Å². The lowest BCUT2D eigenvalue weighted by molar-refractivity contribution is -0.120. The van der Waals surface area contributed by atoms with Crippen LogP contribution in [-0.4, -0.2) is 35.1 Å². The van der Waals surface area contributed by atoms with Crippen molar-refractivity contribution in [3.8, 4) is 0 Å². The van der Waals surface area contributed by atoms with Gasteiger partial charge in [-0.3, -0.25) is 9.69 Å². The third-order valence-electron chi connectivity index (χ3n) is 3.61. The zero-order valence-corrected chi connectivity index (χ0v) is 14.7. The van der Waals surface area contributed by atoms with E-state index < -0.39 is 17.7 Å². The van der Waals surface area contributed by atoms with E-state index in [1.165, 1.54) is 4.90 Å². The van der Waals surface area contributed by atoms with Crippen molar-refractivity contribution in [2.24, 2.45) is 0 Å². The second kappa shape index (κ2) is 6.79. The van der Waals surface area contributed by atoms with E-state index in [1.807, 2.05) is 33.8 Å². The van der Waals surface area contributed by atoms with Gasteiger partial charge in [-0.15, -0.1) is 0 Å². The van der Waals surface area contributed by atoms with E-state index in [4.69, 9.17) is 16.3 Å². The molecule has 0 bridgehead atoms. The van der Waals surface area contributed by atoms with Crippen LogP contribution in [0.2, 0.25) is 5.02 Å². The van der Waals surface area contributed by atoms with Crippen LogP contribution in [0, 0.1) is 6.92 Å². The average molecular weight is 339 g/mol. The molecule has 1 N–H and O–H groups in total. The number of hydrogen-bond acceptors (Lipinski definition) is 3. The zero-order chi connectivity index (χ0) is 17.2. The molecule has 2 amide bonds. The first-order valence-corrected chi connectivity index (χ1v) is 8.12. The fourth-order valence-corrected chi connectivity index (χ4v) is 2.64. The Kier molecular flexibility index (Phi) is 5.19. The first-order valence-electron chi connectivity index (χ1n) is 7.74. The molecule has 6 heteroatoms. The highest BCUT2D eigenvalue weighted by atomic mass is 35.5. The summed E-state index contributed by atoms with van der Waals surface area (Å²) in [5.74, 6) is -0.199. The first kappa shape index (κ1) is 17.6. The van der Waals surface area contributed by atoms with E-state index in [-0.39, 0.29) is 5.91 Å². The van der Waals surface area contributed by atoms with Gasteiger partial charge in [-0.2, -0.15) is 0 Å². The predicted octanol–water partition coefficient (Wildman–Crippen LogP) is 3.99. The molecule has 5 nitrogen and oxygen atoms in total. The zero-order valence-electron chi connectivity index (χ0n) is 14.0. The number of hydrogen-bond donors (Lipinski definition) is 1. The molecule has 1 atom stereocenters.